The maximum absolute atomic E-state index is 13.3. The van der Waals surface area contributed by atoms with Gasteiger partial charge in [-0.25, -0.2) is 9.37 Å². The van der Waals surface area contributed by atoms with Gasteiger partial charge in [-0.3, -0.25) is 9.59 Å². The number of carbonyl (C=O) groups is 2. The molecular weight excluding hydrogens is 487 g/mol. The van der Waals surface area contributed by atoms with Gasteiger partial charge in [0.05, 0.1) is 12.7 Å². The van der Waals surface area contributed by atoms with E-state index < -0.39 is 5.82 Å². The highest BCUT2D eigenvalue weighted by molar-refractivity contribution is 6.06. The number of nitrogens with one attached hydrogen (secondary N) is 1. The standard InChI is InChI=1S/C28H27FN6O3/c1-17(2)35-16-30-33-26(35)23-5-4-6-25(31-23)32-27(36)22-13-20-15-34(12-11-19(20)14-24(22)38-3)28(37)18-7-9-21(29)10-8-18/h4-10,13-14,16-17H,11-12,15H2,1-3H3,(H,31,32,36). The lowest BCUT2D eigenvalue weighted by molar-refractivity contribution is 0.0734. The summed E-state index contributed by atoms with van der Waals surface area (Å²) in [5.74, 6) is 0.437. The Bertz CT molecular complexity index is 1500. The molecular formula is C28H27FN6O3. The summed E-state index contributed by atoms with van der Waals surface area (Å²) in [7, 11) is 1.52. The molecule has 9 nitrogen and oxygen atoms in total. The zero-order chi connectivity index (χ0) is 26.8. The fourth-order valence-corrected chi connectivity index (χ4v) is 4.50. The number of rotatable bonds is 6. The molecule has 0 atom stereocenters. The van der Waals surface area contributed by atoms with E-state index in [4.69, 9.17) is 4.74 Å². The summed E-state index contributed by atoms with van der Waals surface area (Å²) >= 11 is 0. The predicted molar refractivity (Wildman–Crippen MR) is 139 cm³/mol. The van der Waals surface area contributed by atoms with Crippen LogP contribution in [0.15, 0.2) is 60.9 Å². The number of ether oxygens (including phenoxy) is 1. The summed E-state index contributed by atoms with van der Waals surface area (Å²) in [5, 5.41) is 11.0. The number of methoxy groups -OCH3 is 1. The Labute approximate surface area is 219 Å². The molecule has 3 heterocycles. The van der Waals surface area contributed by atoms with Crippen LogP contribution >= 0.6 is 0 Å². The highest BCUT2D eigenvalue weighted by Gasteiger charge is 2.25. The zero-order valence-corrected chi connectivity index (χ0v) is 21.3. The van der Waals surface area contributed by atoms with Crippen LogP contribution in [0.4, 0.5) is 10.2 Å². The average molecular weight is 515 g/mol. The Balaban J connectivity index is 1.38. The highest BCUT2D eigenvalue weighted by Crippen LogP contribution is 2.29. The van der Waals surface area contributed by atoms with Crippen molar-refractivity contribution in [2.24, 2.45) is 0 Å². The molecule has 0 spiro atoms. The van der Waals surface area contributed by atoms with E-state index in [1.165, 1.54) is 31.4 Å². The largest absolute Gasteiger partial charge is 0.496 e. The van der Waals surface area contributed by atoms with Crippen LogP contribution < -0.4 is 10.1 Å². The molecule has 0 radical (unpaired) electrons. The normalized spacial score (nSPS) is 12.8. The van der Waals surface area contributed by atoms with Crippen LogP contribution in [0.2, 0.25) is 0 Å². The molecule has 0 fully saturated rings. The van der Waals surface area contributed by atoms with Crippen molar-refractivity contribution >= 4 is 17.6 Å². The maximum Gasteiger partial charge on any atom is 0.260 e. The molecule has 194 valence electrons. The van der Waals surface area contributed by atoms with Crippen molar-refractivity contribution in [2.45, 2.75) is 32.9 Å². The third-order valence-corrected chi connectivity index (χ3v) is 6.51. The van der Waals surface area contributed by atoms with Gasteiger partial charge in [0.1, 0.15) is 29.4 Å². The van der Waals surface area contributed by atoms with Crippen molar-refractivity contribution in [2.75, 3.05) is 19.0 Å². The fraction of sp³-hybridized carbons (Fsp3) is 0.250. The van der Waals surface area contributed by atoms with Crippen molar-refractivity contribution in [1.82, 2.24) is 24.6 Å². The quantitative estimate of drug-likeness (QED) is 0.406. The summed E-state index contributed by atoms with van der Waals surface area (Å²) in [5.41, 5.74) is 3.20. The molecule has 0 aliphatic carbocycles. The van der Waals surface area contributed by atoms with E-state index in [0.29, 0.717) is 53.7 Å². The van der Waals surface area contributed by atoms with E-state index in [1.54, 1.807) is 29.4 Å². The number of aromatic nitrogens is 4. The second-order valence-electron chi connectivity index (χ2n) is 9.32. The van der Waals surface area contributed by atoms with Crippen molar-refractivity contribution in [3.8, 4) is 17.3 Å². The third kappa shape index (κ3) is 4.97. The van der Waals surface area contributed by atoms with Gasteiger partial charge in [-0.2, -0.15) is 0 Å². The van der Waals surface area contributed by atoms with E-state index >= 15 is 0 Å². The summed E-state index contributed by atoms with van der Waals surface area (Å²) in [6, 6.07) is 14.6. The van der Waals surface area contributed by atoms with E-state index in [2.05, 4.69) is 20.5 Å². The molecule has 0 bridgehead atoms. The minimum Gasteiger partial charge on any atom is -0.496 e. The first-order valence-corrected chi connectivity index (χ1v) is 12.3. The number of benzene rings is 2. The second-order valence-corrected chi connectivity index (χ2v) is 9.32. The lowest BCUT2D eigenvalue weighted by Crippen LogP contribution is -2.36. The molecule has 38 heavy (non-hydrogen) atoms. The number of nitrogens with zero attached hydrogens (tertiary/aromatic N) is 5. The van der Waals surface area contributed by atoms with Gasteiger partial charge in [-0.05, 0) is 79.9 Å². The number of amides is 2. The van der Waals surface area contributed by atoms with Gasteiger partial charge in [0.25, 0.3) is 11.8 Å². The first-order chi connectivity index (χ1) is 18.3. The molecule has 0 saturated heterocycles. The Kier molecular flexibility index (Phi) is 6.87. The van der Waals surface area contributed by atoms with Gasteiger partial charge < -0.3 is 19.5 Å². The highest BCUT2D eigenvalue weighted by atomic mass is 19.1. The van der Waals surface area contributed by atoms with Crippen molar-refractivity contribution in [3.05, 3.63) is 89.0 Å². The topological polar surface area (TPSA) is 102 Å². The van der Waals surface area contributed by atoms with Crippen LogP contribution in [0, 0.1) is 5.82 Å². The van der Waals surface area contributed by atoms with Crippen LogP contribution in [0.25, 0.3) is 11.5 Å². The molecule has 2 aromatic carbocycles. The summed E-state index contributed by atoms with van der Waals surface area (Å²) < 4.78 is 20.7. The number of fused-ring (bicyclic) bond motifs is 1. The van der Waals surface area contributed by atoms with Gasteiger partial charge in [0.15, 0.2) is 5.82 Å². The SMILES string of the molecule is COc1cc2c(cc1C(=O)Nc1cccc(-c3nncn3C(C)C)n1)CN(C(=O)c1ccc(F)cc1)CC2. The molecule has 0 unspecified atom stereocenters. The minimum absolute atomic E-state index is 0.148. The minimum atomic E-state index is -0.393. The summed E-state index contributed by atoms with van der Waals surface area (Å²) in [4.78, 5) is 32.6. The van der Waals surface area contributed by atoms with Gasteiger partial charge in [0, 0.05) is 24.7 Å². The predicted octanol–water partition coefficient (Wildman–Crippen LogP) is 4.52. The molecule has 1 aliphatic rings. The monoisotopic (exact) mass is 514 g/mol. The van der Waals surface area contributed by atoms with E-state index in [1.807, 2.05) is 30.5 Å². The number of hydrogen-bond donors (Lipinski definition) is 1. The average Bonchev–Trinajstić information content (AvgIpc) is 3.43. The van der Waals surface area contributed by atoms with Crippen LogP contribution in [-0.2, 0) is 13.0 Å². The van der Waals surface area contributed by atoms with Crippen molar-refractivity contribution in [3.63, 3.8) is 0 Å². The van der Waals surface area contributed by atoms with Crippen molar-refractivity contribution in [1.29, 1.82) is 0 Å². The van der Waals surface area contributed by atoms with E-state index in [0.717, 1.165) is 11.1 Å². The lowest BCUT2D eigenvalue weighted by Gasteiger charge is -2.30. The van der Waals surface area contributed by atoms with Gasteiger partial charge >= 0.3 is 0 Å². The van der Waals surface area contributed by atoms with E-state index in [9.17, 15) is 14.0 Å². The van der Waals surface area contributed by atoms with Crippen LogP contribution in [0.1, 0.15) is 51.7 Å². The Morgan fingerprint density at radius 2 is 1.87 bits per heavy atom. The van der Waals surface area contributed by atoms with Crippen LogP contribution in [0.3, 0.4) is 0 Å². The third-order valence-electron chi connectivity index (χ3n) is 6.51. The Hall–Kier alpha value is -4.60. The maximum atomic E-state index is 13.3. The van der Waals surface area contributed by atoms with Gasteiger partial charge in [-0.1, -0.05) is 6.07 Å². The molecule has 4 aromatic rings. The Morgan fingerprint density at radius 1 is 1.08 bits per heavy atom. The molecule has 1 aliphatic heterocycles. The van der Waals surface area contributed by atoms with Crippen LogP contribution in [0.5, 0.6) is 5.75 Å². The Morgan fingerprint density at radius 3 is 2.61 bits per heavy atom. The molecule has 0 saturated carbocycles. The number of pyridine rings is 1. The van der Waals surface area contributed by atoms with E-state index in [-0.39, 0.29) is 17.9 Å². The number of carbonyl (C=O) groups excluding carboxylic acids is 2. The molecule has 2 aromatic heterocycles. The number of anilines is 1. The first-order valence-electron chi connectivity index (χ1n) is 12.3. The second kappa shape index (κ2) is 10.4. The number of halogens is 1. The van der Waals surface area contributed by atoms with Crippen molar-refractivity contribution < 1.29 is 18.7 Å². The first kappa shape index (κ1) is 25.1. The lowest BCUT2D eigenvalue weighted by atomic mass is 9.95. The van der Waals surface area contributed by atoms with Gasteiger partial charge in [-0.15, -0.1) is 10.2 Å². The summed E-state index contributed by atoms with van der Waals surface area (Å²) in [6.07, 6.45) is 2.26. The molecule has 10 heteroatoms. The van der Waals surface area contributed by atoms with Gasteiger partial charge in [0.2, 0.25) is 0 Å². The molecule has 2 amide bonds. The molecule has 1 N–H and O–H groups in total. The smallest absolute Gasteiger partial charge is 0.260 e. The number of hydrogen-bond acceptors (Lipinski definition) is 6. The molecule has 5 rings (SSSR count). The van der Waals surface area contributed by atoms with Crippen LogP contribution in [-0.4, -0.2) is 50.1 Å². The summed E-state index contributed by atoms with van der Waals surface area (Å²) in [6.45, 7) is 4.88. The fourth-order valence-electron chi connectivity index (χ4n) is 4.50. The zero-order valence-electron chi connectivity index (χ0n) is 21.3.